The van der Waals surface area contributed by atoms with Gasteiger partial charge >= 0.3 is 0 Å². The fourth-order valence-electron chi connectivity index (χ4n) is 5.12. The minimum atomic E-state index is 0. The Morgan fingerprint density at radius 2 is 0.682 bits per heavy atom. The van der Waals surface area contributed by atoms with E-state index >= 15 is 0 Å². The second kappa shape index (κ2) is 13.3. The van der Waals surface area contributed by atoms with E-state index in [0.29, 0.717) is 0 Å². The fraction of sp³-hybridized carbons (Fsp3) is 0. The molecule has 6 aromatic rings. The van der Waals surface area contributed by atoms with Gasteiger partial charge in [0, 0.05) is 56.2 Å². The van der Waals surface area contributed by atoms with E-state index in [4.69, 9.17) is 0 Å². The van der Waals surface area contributed by atoms with Crippen LogP contribution in [0.15, 0.2) is 140 Å². The van der Waals surface area contributed by atoms with E-state index in [1.807, 2.05) is 60.7 Å². The summed E-state index contributed by atoms with van der Waals surface area (Å²) >= 11 is 0. The number of H-pyrrole nitrogens is 2. The van der Waals surface area contributed by atoms with E-state index in [1.54, 1.807) is 0 Å². The molecule has 0 saturated heterocycles. The number of anilines is 3. The molecule has 0 atom stereocenters. The van der Waals surface area contributed by atoms with Crippen molar-refractivity contribution < 1.29 is 17.1 Å². The molecule has 0 aliphatic carbocycles. The Balaban J connectivity index is 0.000000157. The molecule has 44 heavy (non-hydrogen) atoms. The average Bonchev–Trinajstić information content (AvgIpc) is 3.86. The van der Waals surface area contributed by atoms with Gasteiger partial charge in [0.2, 0.25) is 0 Å². The molecule has 0 amide bonds. The van der Waals surface area contributed by atoms with Crippen LogP contribution in [-0.4, -0.2) is 19.9 Å². The van der Waals surface area contributed by atoms with Crippen LogP contribution in [0.25, 0.3) is 46.4 Å². The molecule has 0 spiro atoms. The summed E-state index contributed by atoms with van der Waals surface area (Å²) in [5.74, 6) is 0. The zero-order chi connectivity index (χ0) is 28.8. The van der Waals surface area contributed by atoms with Gasteiger partial charge in [0.25, 0.3) is 0 Å². The van der Waals surface area contributed by atoms with Crippen LogP contribution in [0.5, 0.6) is 0 Å². The van der Waals surface area contributed by atoms with Crippen molar-refractivity contribution in [3.05, 3.63) is 162 Å². The monoisotopic (exact) mass is 618 g/mol. The Morgan fingerprint density at radius 1 is 0.364 bits per heavy atom. The molecule has 2 aliphatic heterocycles. The van der Waals surface area contributed by atoms with E-state index < -0.39 is 0 Å². The molecule has 0 unspecified atom stereocenters. The van der Waals surface area contributed by atoms with Crippen LogP contribution < -0.4 is 4.90 Å². The van der Waals surface area contributed by atoms with Gasteiger partial charge in [0.15, 0.2) is 0 Å². The summed E-state index contributed by atoms with van der Waals surface area (Å²) in [7, 11) is 0. The normalized spacial score (nSPS) is 11.3. The molecule has 8 rings (SSSR count). The van der Waals surface area contributed by atoms with Crippen LogP contribution in [-0.2, 0) is 17.1 Å². The van der Waals surface area contributed by atoms with E-state index in [-0.39, 0.29) is 17.1 Å². The Kier molecular flexibility index (Phi) is 8.65. The van der Waals surface area contributed by atoms with Gasteiger partial charge in [-0.05, 0) is 109 Å². The summed E-state index contributed by atoms with van der Waals surface area (Å²) < 4.78 is 0. The van der Waals surface area contributed by atoms with Crippen molar-refractivity contribution in [2.45, 2.75) is 0 Å². The summed E-state index contributed by atoms with van der Waals surface area (Å²) in [4.78, 5) is 18.3. The first-order valence-corrected chi connectivity index (χ1v) is 14.2. The topological polar surface area (TPSA) is 60.6 Å². The zero-order valence-corrected chi connectivity index (χ0v) is 24.7. The maximum Gasteiger partial charge on any atom is 0.0659 e. The van der Waals surface area contributed by atoms with Crippen molar-refractivity contribution >= 4 is 63.4 Å². The first-order chi connectivity index (χ1) is 21.2. The van der Waals surface area contributed by atoms with Gasteiger partial charge in [0.1, 0.15) is 0 Å². The molecule has 1 radical (unpaired) electrons. The summed E-state index contributed by atoms with van der Waals surface area (Å²) in [6.07, 6.45) is 8.05. The number of aromatic amines is 2. The largest absolute Gasteiger partial charge is 0.355 e. The molecule has 3 aromatic carbocycles. The first-order valence-electron chi connectivity index (χ1n) is 14.2. The quantitative estimate of drug-likeness (QED) is 0.194. The molecule has 8 bridgehead atoms. The Bertz CT molecular complexity index is 1900. The van der Waals surface area contributed by atoms with Gasteiger partial charge in [-0.2, -0.15) is 0 Å². The van der Waals surface area contributed by atoms with Crippen LogP contribution in [0.3, 0.4) is 0 Å². The van der Waals surface area contributed by atoms with Crippen molar-refractivity contribution in [1.82, 2.24) is 19.9 Å². The third kappa shape index (κ3) is 6.79. The van der Waals surface area contributed by atoms with Gasteiger partial charge in [-0.15, -0.1) is 0 Å². The van der Waals surface area contributed by atoms with Crippen LogP contribution in [0, 0.1) is 0 Å². The van der Waals surface area contributed by atoms with E-state index in [9.17, 15) is 0 Å². The van der Waals surface area contributed by atoms with Crippen molar-refractivity contribution in [3.63, 3.8) is 0 Å². The van der Waals surface area contributed by atoms with E-state index in [0.717, 1.165) is 44.8 Å². The average molecular weight is 619 g/mol. The molecule has 2 aliphatic rings. The predicted molar refractivity (Wildman–Crippen MR) is 180 cm³/mol. The first kappa shape index (κ1) is 28.7. The Labute approximate surface area is 266 Å². The number of fused-ring (bicyclic) bond motifs is 8. The molecule has 3 aromatic heterocycles. The number of hydrogen-bond acceptors (Lipinski definition) is 3. The van der Waals surface area contributed by atoms with Crippen LogP contribution >= 0.6 is 0 Å². The van der Waals surface area contributed by atoms with Crippen molar-refractivity contribution in [3.8, 4) is 0 Å². The van der Waals surface area contributed by atoms with Crippen molar-refractivity contribution in [2.24, 2.45) is 0 Å². The van der Waals surface area contributed by atoms with Gasteiger partial charge in [-0.25, -0.2) is 9.97 Å². The molecule has 5 heterocycles. The summed E-state index contributed by atoms with van der Waals surface area (Å²) in [5, 5.41) is 0. The standard InChI is InChI=1S/C20H14N4.C18H15N.Cu/c1-2-14-10-16-5-6-18(23-16)12-20-8-7-19(24-20)11-17-4-3-15(22-17)9-13(1)21-14;1-4-10-16(11-5-1)19(17-12-6-2-7-13-17)18-14-8-3-9-15-18;/h1-12,21-22H;1-15H;. The van der Waals surface area contributed by atoms with E-state index in [1.165, 1.54) is 17.1 Å². The number of para-hydroxylation sites is 3. The minimum Gasteiger partial charge on any atom is -0.355 e. The van der Waals surface area contributed by atoms with Crippen molar-refractivity contribution in [2.75, 3.05) is 4.90 Å². The number of nitrogens with one attached hydrogen (secondary N) is 2. The molecular formula is C38H29CuN5. The van der Waals surface area contributed by atoms with Gasteiger partial charge < -0.3 is 14.9 Å². The molecular weight excluding hydrogens is 590 g/mol. The second-order valence-corrected chi connectivity index (χ2v) is 10.2. The molecule has 6 heteroatoms. The number of nitrogens with zero attached hydrogens (tertiary/aromatic N) is 3. The van der Waals surface area contributed by atoms with E-state index in [2.05, 4.69) is 128 Å². The van der Waals surface area contributed by atoms with Gasteiger partial charge in [-0.3, -0.25) is 0 Å². The van der Waals surface area contributed by atoms with Gasteiger partial charge in [-0.1, -0.05) is 54.6 Å². The third-order valence-electron chi connectivity index (χ3n) is 7.09. The fourth-order valence-corrected chi connectivity index (χ4v) is 5.12. The number of benzene rings is 3. The Hall–Kier alpha value is -5.42. The molecule has 5 nitrogen and oxygen atoms in total. The van der Waals surface area contributed by atoms with Crippen LogP contribution in [0.1, 0.15) is 22.8 Å². The SMILES string of the molecule is C1=Cc2cc3ccc(cc4ccc(cc5nc(cc1n2)C=C5)[nH]4)[nH]3.[Cu].c1ccc(N(c2ccccc2)c2ccccc2)cc1. The smallest absolute Gasteiger partial charge is 0.0659 e. The van der Waals surface area contributed by atoms with Crippen molar-refractivity contribution in [1.29, 1.82) is 0 Å². The number of hydrogen-bond donors (Lipinski definition) is 2. The summed E-state index contributed by atoms with van der Waals surface area (Å²) in [5.41, 5.74) is 11.4. The summed E-state index contributed by atoms with van der Waals surface area (Å²) in [6.45, 7) is 0. The second-order valence-electron chi connectivity index (χ2n) is 10.2. The minimum absolute atomic E-state index is 0. The summed E-state index contributed by atoms with van der Waals surface area (Å²) in [6, 6.07) is 47.7. The maximum atomic E-state index is 4.62. The molecule has 0 saturated carbocycles. The third-order valence-corrected chi connectivity index (χ3v) is 7.09. The van der Waals surface area contributed by atoms with Crippen LogP contribution in [0.2, 0.25) is 0 Å². The molecule has 0 fully saturated rings. The Morgan fingerprint density at radius 3 is 1.05 bits per heavy atom. The predicted octanol–water partition coefficient (Wildman–Crippen LogP) is 9.81. The number of rotatable bonds is 3. The number of aromatic nitrogens is 4. The zero-order valence-electron chi connectivity index (χ0n) is 23.7. The van der Waals surface area contributed by atoms with Gasteiger partial charge in [0.05, 0.1) is 22.8 Å². The molecule has 217 valence electrons. The molecule has 2 N–H and O–H groups in total. The maximum absolute atomic E-state index is 4.62. The van der Waals surface area contributed by atoms with Crippen LogP contribution in [0.4, 0.5) is 17.1 Å².